The number of H-pyrrole nitrogens is 1. The fourth-order valence-electron chi connectivity index (χ4n) is 2.73. The number of rotatable bonds is 8. The van der Waals surface area contributed by atoms with Gasteiger partial charge >= 0.3 is 0 Å². The van der Waals surface area contributed by atoms with Crippen molar-refractivity contribution in [2.45, 2.75) is 64.8 Å². The minimum atomic E-state index is 0.518. The predicted octanol–water partition coefficient (Wildman–Crippen LogP) is 2.51. The van der Waals surface area contributed by atoms with Crippen molar-refractivity contribution in [1.82, 2.24) is 20.5 Å². The van der Waals surface area contributed by atoms with Gasteiger partial charge < -0.3 is 10.2 Å². The number of aromatic nitrogens is 3. The highest BCUT2D eigenvalue weighted by Crippen LogP contribution is 2.12. The minimum absolute atomic E-state index is 0.518. The van der Waals surface area contributed by atoms with Crippen molar-refractivity contribution in [2.75, 3.05) is 24.5 Å². The van der Waals surface area contributed by atoms with Gasteiger partial charge in [-0.05, 0) is 13.3 Å². The maximum atomic E-state index is 4.63. The number of aromatic amines is 1. The van der Waals surface area contributed by atoms with Crippen LogP contribution in [0.4, 0.5) is 5.95 Å². The molecule has 0 aliphatic carbocycles. The third kappa shape index (κ3) is 4.78. The summed E-state index contributed by atoms with van der Waals surface area (Å²) >= 11 is 0. The van der Waals surface area contributed by atoms with Gasteiger partial charge in [0, 0.05) is 32.1 Å². The summed E-state index contributed by atoms with van der Waals surface area (Å²) in [5, 5.41) is 10.9. The van der Waals surface area contributed by atoms with Crippen molar-refractivity contribution >= 4 is 5.95 Å². The van der Waals surface area contributed by atoms with E-state index in [0.29, 0.717) is 6.04 Å². The number of hydrogen-bond acceptors (Lipinski definition) is 4. The Morgan fingerprint density at radius 1 is 1.20 bits per heavy atom. The Kier molecular flexibility index (Phi) is 6.30. The summed E-state index contributed by atoms with van der Waals surface area (Å²) in [7, 11) is 0. The highest BCUT2D eigenvalue weighted by Gasteiger charge is 2.18. The number of hydrogen-bond donors (Lipinski definition) is 2. The normalized spacial score (nSPS) is 19.5. The second-order valence-corrected chi connectivity index (χ2v) is 5.90. The number of unbranched alkanes of at least 4 members (excludes halogenated alkanes) is 5. The average molecular weight is 279 g/mol. The molecule has 0 bridgehead atoms. The molecule has 5 nitrogen and oxygen atoms in total. The lowest BCUT2D eigenvalue weighted by atomic mass is 10.1. The fraction of sp³-hybridized carbons (Fsp3) is 0.867. The van der Waals surface area contributed by atoms with Gasteiger partial charge in [-0.25, -0.2) is 0 Å². The van der Waals surface area contributed by atoms with Crippen LogP contribution in [0.2, 0.25) is 0 Å². The summed E-state index contributed by atoms with van der Waals surface area (Å²) in [5.74, 6) is 1.92. The van der Waals surface area contributed by atoms with Gasteiger partial charge in [-0.15, -0.1) is 5.10 Å². The Labute approximate surface area is 122 Å². The molecule has 2 heterocycles. The first kappa shape index (κ1) is 15.3. The zero-order valence-corrected chi connectivity index (χ0v) is 13.0. The molecule has 1 atom stereocenters. The van der Waals surface area contributed by atoms with Crippen LogP contribution in [0.15, 0.2) is 0 Å². The van der Waals surface area contributed by atoms with Crippen LogP contribution in [0.3, 0.4) is 0 Å². The molecule has 0 aromatic carbocycles. The number of anilines is 1. The maximum Gasteiger partial charge on any atom is 0.244 e. The zero-order valence-electron chi connectivity index (χ0n) is 13.0. The molecule has 2 N–H and O–H groups in total. The number of piperazine rings is 1. The summed E-state index contributed by atoms with van der Waals surface area (Å²) in [5.41, 5.74) is 0. The van der Waals surface area contributed by atoms with Gasteiger partial charge in [0.1, 0.15) is 5.82 Å². The molecule has 1 saturated heterocycles. The largest absolute Gasteiger partial charge is 0.337 e. The molecular weight excluding hydrogens is 250 g/mol. The fourth-order valence-corrected chi connectivity index (χ4v) is 2.73. The van der Waals surface area contributed by atoms with Crippen molar-refractivity contribution in [1.29, 1.82) is 0 Å². The van der Waals surface area contributed by atoms with E-state index < -0.39 is 0 Å². The standard InChI is InChI=1S/C15H29N5/c1-3-4-5-6-7-8-9-14-17-15(19-18-14)20-11-10-16-13(2)12-20/h13,16H,3-12H2,1-2H3,(H,17,18,19)/t13-/m0/s1. The summed E-state index contributed by atoms with van der Waals surface area (Å²) in [6.07, 6.45) is 8.96. The van der Waals surface area contributed by atoms with Crippen LogP contribution in [0.25, 0.3) is 0 Å². The molecule has 20 heavy (non-hydrogen) atoms. The van der Waals surface area contributed by atoms with Crippen molar-refractivity contribution in [3.63, 3.8) is 0 Å². The van der Waals surface area contributed by atoms with E-state index in [2.05, 4.69) is 39.2 Å². The third-order valence-corrected chi connectivity index (χ3v) is 3.94. The molecule has 1 aliphatic rings. The lowest BCUT2D eigenvalue weighted by molar-refractivity contribution is 0.479. The van der Waals surface area contributed by atoms with E-state index >= 15 is 0 Å². The van der Waals surface area contributed by atoms with Gasteiger partial charge in [-0.3, -0.25) is 5.10 Å². The maximum absolute atomic E-state index is 4.63. The van der Waals surface area contributed by atoms with Crippen LogP contribution in [-0.2, 0) is 6.42 Å². The van der Waals surface area contributed by atoms with Gasteiger partial charge in [0.25, 0.3) is 0 Å². The average Bonchev–Trinajstić information content (AvgIpc) is 2.91. The lowest BCUT2D eigenvalue weighted by Gasteiger charge is -2.30. The molecular formula is C15H29N5. The minimum Gasteiger partial charge on any atom is -0.337 e. The van der Waals surface area contributed by atoms with Gasteiger partial charge in [-0.1, -0.05) is 39.0 Å². The van der Waals surface area contributed by atoms with Crippen molar-refractivity contribution in [3.8, 4) is 0 Å². The monoisotopic (exact) mass is 279 g/mol. The predicted molar refractivity (Wildman–Crippen MR) is 83.1 cm³/mol. The first-order chi connectivity index (χ1) is 9.79. The van der Waals surface area contributed by atoms with Crippen LogP contribution in [-0.4, -0.2) is 40.9 Å². The van der Waals surface area contributed by atoms with Crippen molar-refractivity contribution < 1.29 is 0 Å². The molecule has 0 unspecified atom stereocenters. The quantitative estimate of drug-likeness (QED) is 0.718. The molecule has 1 aromatic rings. The van der Waals surface area contributed by atoms with Crippen LogP contribution >= 0.6 is 0 Å². The topological polar surface area (TPSA) is 56.8 Å². The molecule has 1 fully saturated rings. The number of nitrogens with one attached hydrogen (secondary N) is 2. The van der Waals surface area contributed by atoms with Gasteiger partial charge in [0.2, 0.25) is 5.95 Å². The molecule has 0 spiro atoms. The van der Waals surface area contributed by atoms with E-state index in [1.807, 2.05) is 0 Å². The Bertz CT molecular complexity index is 376. The number of nitrogens with zero attached hydrogens (tertiary/aromatic N) is 3. The molecule has 5 heteroatoms. The second kappa shape index (κ2) is 8.25. The number of aryl methyl sites for hydroxylation is 1. The third-order valence-electron chi connectivity index (χ3n) is 3.94. The molecule has 0 radical (unpaired) electrons. The summed E-state index contributed by atoms with van der Waals surface area (Å²) in [4.78, 5) is 6.90. The van der Waals surface area contributed by atoms with Crippen LogP contribution < -0.4 is 10.2 Å². The lowest BCUT2D eigenvalue weighted by Crippen LogP contribution is -2.49. The van der Waals surface area contributed by atoms with E-state index in [-0.39, 0.29) is 0 Å². The molecule has 2 rings (SSSR count). The summed E-state index contributed by atoms with van der Waals surface area (Å²) in [6, 6.07) is 0.518. The molecule has 114 valence electrons. The van der Waals surface area contributed by atoms with E-state index in [9.17, 15) is 0 Å². The zero-order chi connectivity index (χ0) is 14.2. The smallest absolute Gasteiger partial charge is 0.244 e. The molecule has 0 saturated carbocycles. The van der Waals surface area contributed by atoms with Gasteiger partial charge in [-0.2, -0.15) is 4.98 Å². The van der Waals surface area contributed by atoms with Gasteiger partial charge in [0.15, 0.2) is 0 Å². The second-order valence-electron chi connectivity index (χ2n) is 5.90. The van der Waals surface area contributed by atoms with Crippen molar-refractivity contribution in [2.24, 2.45) is 0 Å². The van der Waals surface area contributed by atoms with E-state index in [1.54, 1.807) is 0 Å². The summed E-state index contributed by atoms with van der Waals surface area (Å²) < 4.78 is 0. The Hall–Kier alpha value is -1.10. The molecule has 1 aliphatic heterocycles. The summed E-state index contributed by atoms with van der Waals surface area (Å²) in [6.45, 7) is 7.47. The first-order valence-corrected chi connectivity index (χ1v) is 8.19. The molecule has 0 amide bonds. The van der Waals surface area contributed by atoms with Crippen molar-refractivity contribution in [3.05, 3.63) is 5.82 Å². The van der Waals surface area contributed by atoms with Crippen LogP contribution in [0.5, 0.6) is 0 Å². The van der Waals surface area contributed by atoms with E-state index in [4.69, 9.17) is 0 Å². The van der Waals surface area contributed by atoms with Crippen LogP contribution in [0, 0.1) is 0 Å². The Balaban J connectivity index is 1.69. The van der Waals surface area contributed by atoms with E-state index in [0.717, 1.165) is 37.8 Å². The highest BCUT2D eigenvalue weighted by molar-refractivity contribution is 5.30. The Morgan fingerprint density at radius 3 is 2.80 bits per heavy atom. The van der Waals surface area contributed by atoms with E-state index in [1.165, 1.54) is 38.5 Å². The Morgan fingerprint density at radius 2 is 2.00 bits per heavy atom. The first-order valence-electron chi connectivity index (χ1n) is 8.19. The van der Waals surface area contributed by atoms with Gasteiger partial charge in [0.05, 0.1) is 0 Å². The SMILES string of the molecule is CCCCCCCCc1nc(N2CCN[C@@H](C)C2)n[nH]1. The highest BCUT2D eigenvalue weighted by atomic mass is 15.4. The molecule has 1 aromatic heterocycles. The van der Waals surface area contributed by atoms with Crippen LogP contribution in [0.1, 0.15) is 58.2 Å².